The largest absolute Gasteiger partial charge is 0.356 e. The summed E-state index contributed by atoms with van der Waals surface area (Å²) in [5, 5.41) is 6.87. The number of aromatic nitrogens is 2. The highest BCUT2D eigenvalue weighted by Crippen LogP contribution is 2.32. The summed E-state index contributed by atoms with van der Waals surface area (Å²) in [6.07, 6.45) is 8.07. The highest BCUT2D eigenvalue weighted by molar-refractivity contribution is 7.98. The maximum absolute atomic E-state index is 13.1. The zero-order valence-corrected chi connectivity index (χ0v) is 16.2. The summed E-state index contributed by atoms with van der Waals surface area (Å²) in [6.45, 7) is 1.66. The molecule has 1 unspecified atom stereocenters. The maximum atomic E-state index is 13.1. The van der Waals surface area contributed by atoms with Crippen molar-refractivity contribution in [3.05, 3.63) is 48.2 Å². The van der Waals surface area contributed by atoms with Crippen molar-refractivity contribution in [3.63, 3.8) is 0 Å². The Hall–Kier alpha value is -2.41. The van der Waals surface area contributed by atoms with Crippen molar-refractivity contribution in [1.82, 2.24) is 15.0 Å². The van der Waals surface area contributed by atoms with Crippen molar-refractivity contribution < 1.29 is 4.79 Å². The molecule has 2 aromatic rings. The first-order valence-corrected chi connectivity index (χ1v) is 10.5. The van der Waals surface area contributed by atoms with Crippen molar-refractivity contribution in [1.29, 1.82) is 0 Å². The van der Waals surface area contributed by atoms with Crippen LogP contribution in [0.25, 0.3) is 0 Å². The van der Waals surface area contributed by atoms with E-state index in [-0.39, 0.29) is 17.9 Å². The summed E-state index contributed by atoms with van der Waals surface area (Å²) in [6, 6.07) is 12.1. The summed E-state index contributed by atoms with van der Waals surface area (Å²) in [4.78, 5) is 24.1. The van der Waals surface area contributed by atoms with Gasteiger partial charge in [-0.15, -0.1) is 0 Å². The zero-order valence-electron chi connectivity index (χ0n) is 15.4. The molecule has 3 heterocycles. The number of rotatable bonds is 4. The van der Waals surface area contributed by atoms with Crippen molar-refractivity contribution in [2.75, 3.05) is 24.2 Å². The van der Waals surface area contributed by atoms with Gasteiger partial charge in [0.2, 0.25) is 5.91 Å². The van der Waals surface area contributed by atoms with Gasteiger partial charge in [-0.05, 0) is 30.7 Å². The lowest BCUT2D eigenvalue weighted by Gasteiger charge is -2.34. The molecule has 2 aliphatic rings. The van der Waals surface area contributed by atoms with E-state index in [2.05, 4.69) is 32.1 Å². The summed E-state index contributed by atoms with van der Waals surface area (Å²) in [5.41, 5.74) is 1.14. The van der Waals surface area contributed by atoms with Crippen LogP contribution in [0.4, 0.5) is 5.82 Å². The molecule has 1 atom stereocenters. The lowest BCUT2D eigenvalue weighted by molar-refractivity contribution is -0.138. The minimum absolute atomic E-state index is 0.0181. The van der Waals surface area contributed by atoms with Crippen LogP contribution < -0.4 is 4.90 Å². The van der Waals surface area contributed by atoms with Crippen molar-refractivity contribution in [3.8, 4) is 0 Å². The fourth-order valence-corrected chi connectivity index (χ4v) is 4.08. The van der Waals surface area contributed by atoms with Crippen LogP contribution >= 0.6 is 11.8 Å². The quantitative estimate of drug-likeness (QED) is 0.600. The van der Waals surface area contributed by atoms with E-state index in [1.165, 1.54) is 0 Å². The molecule has 0 bridgehead atoms. The molecule has 1 saturated heterocycles. The maximum Gasteiger partial charge on any atom is 0.246 e. The molecule has 27 heavy (non-hydrogen) atoms. The number of benzene rings is 1. The van der Waals surface area contributed by atoms with Gasteiger partial charge in [0.05, 0.1) is 6.04 Å². The van der Waals surface area contributed by atoms with Crippen LogP contribution in [-0.2, 0) is 4.79 Å². The van der Waals surface area contributed by atoms with Crippen molar-refractivity contribution in [2.24, 2.45) is 11.0 Å². The lowest BCUT2D eigenvalue weighted by atomic mass is 9.94. The van der Waals surface area contributed by atoms with Crippen LogP contribution in [0.15, 0.2) is 52.9 Å². The number of anilines is 1. The number of carbonyl (C=O) groups excluding carboxylic acids is 1. The first kappa shape index (κ1) is 18.0. The third kappa shape index (κ3) is 3.83. The fraction of sp³-hybridized carbons (Fsp3) is 0.400. The van der Waals surface area contributed by atoms with E-state index in [0.717, 1.165) is 48.9 Å². The monoisotopic (exact) mass is 381 g/mol. The Balaban J connectivity index is 1.40. The Morgan fingerprint density at radius 2 is 1.93 bits per heavy atom. The molecule has 1 aromatic carbocycles. The number of thioether (sulfide) groups is 1. The van der Waals surface area contributed by atoms with Crippen LogP contribution in [0, 0.1) is 5.92 Å². The summed E-state index contributed by atoms with van der Waals surface area (Å²) >= 11 is 1.54. The molecular formula is C20H23N5OS. The van der Waals surface area contributed by atoms with E-state index in [4.69, 9.17) is 0 Å². The molecular weight excluding hydrogens is 358 g/mol. The first-order chi connectivity index (χ1) is 13.3. The van der Waals surface area contributed by atoms with Gasteiger partial charge >= 0.3 is 0 Å². The summed E-state index contributed by atoms with van der Waals surface area (Å²) in [5.74, 6) is 1.11. The van der Waals surface area contributed by atoms with E-state index >= 15 is 0 Å². The van der Waals surface area contributed by atoms with Gasteiger partial charge in [-0.2, -0.15) is 5.10 Å². The predicted molar refractivity (Wildman–Crippen MR) is 108 cm³/mol. The molecule has 140 valence electrons. The third-order valence-corrected chi connectivity index (χ3v) is 5.77. The summed E-state index contributed by atoms with van der Waals surface area (Å²) < 4.78 is 0. The van der Waals surface area contributed by atoms with Gasteiger partial charge < -0.3 is 4.90 Å². The molecule has 0 saturated carbocycles. The standard InChI is InChI=1S/C20H23N5OS/c1-27-20-21-11-8-18(23-20)24-13-9-16(10-14-24)19(26)25-17(7-12-22-25)15-5-3-2-4-6-15/h2-6,8,11-12,16-17H,7,9-10,13-14H2,1H3. The number of amides is 1. The van der Waals surface area contributed by atoms with Gasteiger partial charge in [0.25, 0.3) is 0 Å². The predicted octanol–water partition coefficient (Wildman–Crippen LogP) is 3.37. The van der Waals surface area contributed by atoms with Gasteiger partial charge in [-0.3, -0.25) is 4.79 Å². The third-order valence-electron chi connectivity index (χ3n) is 5.21. The summed E-state index contributed by atoms with van der Waals surface area (Å²) in [7, 11) is 0. The second-order valence-electron chi connectivity index (χ2n) is 6.81. The number of nitrogens with zero attached hydrogens (tertiary/aromatic N) is 5. The average molecular weight is 382 g/mol. The molecule has 4 rings (SSSR count). The van der Waals surface area contributed by atoms with Crippen LogP contribution in [0.2, 0.25) is 0 Å². The van der Waals surface area contributed by atoms with Crippen molar-refractivity contribution in [2.45, 2.75) is 30.5 Å². The average Bonchev–Trinajstić information content (AvgIpc) is 3.24. The Bertz CT molecular complexity index is 820. The molecule has 6 nitrogen and oxygen atoms in total. The minimum Gasteiger partial charge on any atom is -0.356 e. The van der Waals surface area contributed by atoms with E-state index in [0.29, 0.717) is 0 Å². The zero-order chi connectivity index (χ0) is 18.6. The second kappa shape index (κ2) is 8.08. The highest BCUT2D eigenvalue weighted by Gasteiger charge is 2.34. The minimum atomic E-state index is 0.0181. The molecule has 0 spiro atoms. The molecule has 0 N–H and O–H groups in total. The van der Waals surface area contributed by atoms with Gasteiger partial charge in [0.1, 0.15) is 5.82 Å². The lowest BCUT2D eigenvalue weighted by Crippen LogP contribution is -2.41. The molecule has 1 amide bonds. The van der Waals surface area contributed by atoms with E-state index < -0.39 is 0 Å². The number of hydrogen-bond donors (Lipinski definition) is 0. The van der Waals surface area contributed by atoms with E-state index in [1.807, 2.05) is 36.7 Å². The molecule has 0 radical (unpaired) electrons. The van der Waals surface area contributed by atoms with E-state index in [1.54, 1.807) is 23.0 Å². The van der Waals surface area contributed by atoms with Gasteiger partial charge in [0, 0.05) is 37.8 Å². The number of hydrogen-bond acceptors (Lipinski definition) is 6. The SMILES string of the molecule is CSc1nccc(N2CCC(C(=O)N3N=CCC3c3ccccc3)CC2)n1. The first-order valence-electron chi connectivity index (χ1n) is 9.28. The molecule has 2 aliphatic heterocycles. The molecule has 0 aliphatic carbocycles. The van der Waals surface area contributed by atoms with Gasteiger partial charge in [-0.25, -0.2) is 15.0 Å². The van der Waals surface area contributed by atoms with Crippen molar-refractivity contribution >= 4 is 29.7 Å². The van der Waals surface area contributed by atoms with E-state index in [9.17, 15) is 4.79 Å². The Kier molecular flexibility index (Phi) is 5.38. The second-order valence-corrected chi connectivity index (χ2v) is 7.58. The van der Waals surface area contributed by atoms with Gasteiger partial charge in [0.15, 0.2) is 5.16 Å². The topological polar surface area (TPSA) is 61.7 Å². The van der Waals surface area contributed by atoms with Crippen LogP contribution in [0.3, 0.4) is 0 Å². The number of carbonyl (C=O) groups is 1. The number of hydrazone groups is 1. The molecule has 7 heteroatoms. The highest BCUT2D eigenvalue weighted by atomic mass is 32.2. The Morgan fingerprint density at radius 1 is 1.15 bits per heavy atom. The Morgan fingerprint density at radius 3 is 2.67 bits per heavy atom. The van der Waals surface area contributed by atoms with Crippen LogP contribution in [0.5, 0.6) is 0 Å². The van der Waals surface area contributed by atoms with Crippen LogP contribution in [0.1, 0.15) is 30.9 Å². The normalized spacial score (nSPS) is 20.3. The fourth-order valence-electron chi connectivity index (χ4n) is 3.73. The smallest absolute Gasteiger partial charge is 0.246 e. The number of piperidine rings is 1. The molecule has 1 aromatic heterocycles. The molecule has 1 fully saturated rings. The Labute approximate surface area is 163 Å². The van der Waals surface area contributed by atoms with Crippen LogP contribution in [-0.4, -0.2) is 46.4 Å². The van der Waals surface area contributed by atoms with Gasteiger partial charge in [-0.1, -0.05) is 42.1 Å².